The third-order valence-electron chi connectivity index (χ3n) is 2.49. The summed E-state index contributed by atoms with van der Waals surface area (Å²) in [7, 11) is 0. The van der Waals surface area contributed by atoms with Crippen LogP contribution in [0.2, 0.25) is 0 Å². The first-order chi connectivity index (χ1) is 7.77. The second-order valence-corrected chi connectivity index (χ2v) is 4.11. The maximum absolute atomic E-state index is 12.7. The molecule has 1 aromatic carbocycles. The Balaban J connectivity index is 2.44. The molecule has 1 rings (SSSR count). The normalized spacial score (nSPS) is 12.7. The first-order valence-electron chi connectivity index (χ1n) is 5.67. The molecule has 0 amide bonds. The van der Waals surface area contributed by atoms with E-state index >= 15 is 0 Å². The van der Waals surface area contributed by atoms with Crippen LogP contribution in [-0.4, -0.2) is 19.1 Å². The summed E-state index contributed by atoms with van der Waals surface area (Å²) in [5.41, 5.74) is 1.08. The lowest BCUT2D eigenvalue weighted by Gasteiger charge is -2.14. The summed E-state index contributed by atoms with van der Waals surface area (Å²) < 4.78 is 18.2. The van der Waals surface area contributed by atoms with Gasteiger partial charge in [-0.15, -0.1) is 11.6 Å². The molecule has 0 aliphatic carbocycles. The molecule has 1 unspecified atom stereocenters. The molecule has 0 aliphatic rings. The summed E-state index contributed by atoms with van der Waals surface area (Å²) >= 11 is 5.91. The third kappa shape index (κ3) is 4.50. The van der Waals surface area contributed by atoms with Crippen molar-refractivity contribution in [1.82, 2.24) is 0 Å². The number of alkyl halides is 1. The summed E-state index contributed by atoms with van der Waals surface area (Å²) in [6, 6.07) is 6.54. The SMILES string of the molecule is CCCOCCC(CCl)c1ccc(F)cc1. The lowest BCUT2D eigenvalue weighted by atomic mass is 9.98. The summed E-state index contributed by atoms with van der Waals surface area (Å²) in [4.78, 5) is 0. The molecule has 1 aromatic rings. The summed E-state index contributed by atoms with van der Waals surface area (Å²) in [6.07, 6.45) is 1.91. The molecule has 0 saturated heterocycles. The second kappa shape index (κ2) is 7.64. The molecule has 0 aliphatic heterocycles. The molecule has 3 heteroatoms. The van der Waals surface area contributed by atoms with E-state index in [1.807, 2.05) is 0 Å². The zero-order valence-corrected chi connectivity index (χ0v) is 10.3. The minimum atomic E-state index is -0.209. The van der Waals surface area contributed by atoms with Crippen molar-refractivity contribution in [1.29, 1.82) is 0 Å². The zero-order valence-electron chi connectivity index (χ0n) is 9.59. The lowest BCUT2D eigenvalue weighted by molar-refractivity contribution is 0.129. The van der Waals surface area contributed by atoms with Crippen LogP contribution < -0.4 is 0 Å². The first kappa shape index (κ1) is 13.5. The molecule has 0 bridgehead atoms. The molecule has 1 nitrogen and oxygen atoms in total. The topological polar surface area (TPSA) is 9.23 Å². The Morgan fingerprint density at radius 1 is 1.25 bits per heavy atom. The van der Waals surface area contributed by atoms with Gasteiger partial charge >= 0.3 is 0 Å². The molecule has 16 heavy (non-hydrogen) atoms. The van der Waals surface area contributed by atoms with Crippen molar-refractivity contribution in [3.63, 3.8) is 0 Å². The van der Waals surface area contributed by atoms with E-state index in [-0.39, 0.29) is 11.7 Å². The van der Waals surface area contributed by atoms with Gasteiger partial charge in [0.15, 0.2) is 0 Å². The number of halogens is 2. The van der Waals surface area contributed by atoms with Crippen molar-refractivity contribution in [2.75, 3.05) is 19.1 Å². The van der Waals surface area contributed by atoms with E-state index in [1.54, 1.807) is 12.1 Å². The van der Waals surface area contributed by atoms with Crippen molar-refractivity contribution in [2.24, 2.45) is 0 Å². The van der Waals surface area contributed by atoms with Gasteiger partial charge < -0.3 is 4.74 Å². The van der Waals surface area contributed by atoms with E-state index in [0.717, 1.165) is 25.0 Å². The largest absolute Gasteiger partial charge is 0.381 e. The number of rotatable bonds is 7. The molecule has 0 heterocycles. The number of hydrogen-bond donors (Lipinski definition) is 0. The van der Waals surface area contributed by atoms with Crippen LogP contribution in [0.4, 0.5) is 4.39 Å². The van der Waals surface area contributed by atoms with Gasteiger partial charge in [-0.3, -0.25) is 0 Å². The van der Waals surface area contributed by atoms with Crippen molar-refractivity contribution >= 4 is 11.6 Å². The third-order valence-corrected chi connectivity index (χ3v) is 2.86. The fourth-order valence-electron chi connectivity index (χ4n) is 1.54. The van der Waals surface area contributed by atoms with E-state index in [0.29, 0.717) is 12.5 Å². The molecular weight excluding hydrogens is 227 g/mol. The van der Waals surface area contributed by atoms with Crippen LogP contribution in [0, 0.1) is 5.82 Å². The Morgan fingerprint density at radius 3 is 2.50 bits per heavy atom. The fourth-order valence-corrected chi connectivity index (χ4v) is 1.87. The molecule has 0 aromatic heterocycles. The van der Waals surface area contributed by atoms with Crippen LogP contribution in [0.5, 0.6) is 0 Å². The number of hydrogen-bond acceptors (Lipinski definition) is 1. The van der Waals surface area contributed by atoms with Gasteiger partial charge in [-0.2, -0.15) is 0 Å². The summed E-state index contributed by atoms with van der Waals surface area (Å²) in [5.74, 6) is 0.583. The van der Waals surface area contributed by atoms with E-state index in [4.69, 9.17) is 16.3 Å². The summed E-state index contributed by atoms with van der Waals surface area (Å²) in [5, 5.41) is 0. The average molecular weight is 245 g/mol. The van der Waals surface area contributed by atoms with Crippen LogP contribution in [-0.2, 0) is 4.74 Å². The molecule has 1 atom stereocenters. The van der Waals surface area contributed by atoms with Gasteiger partial charge in [0.05, 0.1) is 0 Å². The molecule has 0 fully saturated rings. The van der Waals surface area contributed by atoms with Crippen molar-refractivity contribution in [3.8, 4) is 0 Å². The predicted octanol–water partition coefficient (Wildman–Crippen LogP) is 3.96. The van der Waals surface area contributed by atoms with Gasteiger partial charge in [-0.05, 0) is 36.5 Å². The minimum absolute atomic E-state index is 0.209. The van der Waals surface area contributed by atoms with Crippen LogP contribution in [0.1, 0.15) is 31.2 Å². The highest BCUT2D eigenvalue weighted by Gasteiger charge is 2.10. The van der Waals surface area contributed by atoms with Gasteiger partial charge in [0.2, 0.25) is 0 Å². The maximum atomic E-state index is 12.7. The fraction of sp³-hybridized carbons (Fsp3) is 0.538. The highest BCUT2D eigenvalue weighted by molar-refractivity contribution is 6.18. The Labute approximate surface area is 102 Å². The Bertz CT molecular complexity index is 286. The molecular formula is C13H18ClFO. The second-order valence-electron chi connectivity index (χ2n) is 3.80. The number of benzene rings is 1. The molecule has 0 saturated carbocycles. The standard InChI is InChI=1S/C13H18ClFO/c1-2-8-16-9-7-12(10-14)11-3-5-13(15)6-4-11/h3-6,12H,2,7-10H2,1H3. The van der Waals surface area contributed by atoms with Gasteiger partial charge in [0, 0.05) is 19.1 Å². The Morgan fingerprint density at radius 2 is 1.94 bits per heavy atom. The van der Waals surface area contributed by atoms with Gasteiger partial charge in [-0.25, -0.2) is 4.39 Å². The van der Waals surface area contributed by atoms with Gasteiger partial charge in [0.1, 0.15) is 5.82 Å². The van der Waals surface area contributed by atoms with Crippen LogP contribution in [0.3, 0.4) is 0 Å². The van der Waals surface area contributed by atoms with E-state index < -0.39 is 0 Å². The number of ether oxygens (including phenoxy) is 1. The highest BCUT2D eigenvalue weighted by Crippen LogP contribution is 2.21. The van der Waals surface area contributed by atoms with Crippen molar-refractivity contribution in [3.05, 3.63) is 35.6 Å². The van der Waals surface area contributed by atoms with Crippen LogP contribution in [0.15, 0.2) is 24.3 Å². The van der Waals surface area contributed by atoms with Gasteiger partial charge in [0.25, 0.3) is 0 Å². The average Bonchev–Trinajstić information content (AvgIpc) is 2.31. The highest BCUT2D eigenvalue weighted by atomic mass is 35.5. The van der Waals surface area contributed by atoms with Crippen molar-refractivity contribution < 1.29 is 9.13 Å². The van der Waals surface area contributed by atoms with Gasteiger partial charge in [-0.1, -0.05) is 19.1 Å². The molecule has 0 N–H and O–H groups in total. The van der Waals surface area contributed by atoms with E-state index in [2.05, 4.69) is 6.92 Å². The zero-order chi connectivity index (χ0) is 11.8. The molecule has 90 valence electrons. The Hall–Kier alpha value is -0.600. The van der Waals surface area contributed by atoms with E-state index in [1.165, 1.54) is 12.1 Å². The van der Waals surface area contributed by atoms with Crippen molar-refractivity contribution in [2.45, 2.75) is 25.7 Å². The smallest absolute Gasteiger partial charge is 0.123 e. The van der Waals surface area contributed by atoms with Crippen LogP contribution >= 0.6 is 11.6 Å². The summed E-state index contributed by atoms with van der Waals surface area (Å²) in [6.45, 7) is 3.58. The minimum Gasteiger partial charge on any atom is -0.381 e. The van der Waals surface area contributed by atoms with Crippen LogP contribution in [0.25, 0.3) is 0 Å². The molecule has 0 radical (unpaired) electrons. The Kier molecular flexibility index (Phi) is 6.43. The monoisotopic (exact) mass is 244 g/mol. The maximum Gasteiger partial charge on any atom is 0.123 e. The predicted molar refractivity (Wildman–Crippen MR) is 65.6 cm³/mol. The van der Waals surface area contributed by atoms with E-state index in [9.17, 15) is 4.39 Å². The quantitative estimate of drug-likeness (QED) is 0.521. The molecule has 0 spiro atoms. The first-order valence-corrected chi connectivity index (χ1v) is 6.20. The lowest BCUT2D eigenvalue weighted by Crippen LogP contribution is -2.06.